The first kappa shape index (κ1) is 14.7. The second-order valence-electron chi connectivity index (χ2n) is 5.33. The van der Waals surface area contributed by atoms with E-state index in [0.29, 0.717) is 5.56 Å². The molecule has 0 unspecified atom stereocenters. The Labute approximate surface area is 133 Å². The van der Waals surface area contributed by atoms with Crippen molar-refractivity contribution in [1.82, 2.24) is 0 Å². The number of ketones is 1. The Morgan fingerprint density at radius 3 is 2.45 bits per heavy atom. The molecule has 110 valence electrons. The van der Waals surface area contributed by atoms with Crippen molar-refractivity contribution in [2.45, 2.75) is 26.2 Å². The molecule has 0 bridgehead atoms. The van der Waals surface area contributed by atoms with Gasteiger partial charge in [0.25, 0.3) is 0 Å². The lowest BCUT2D eigenvalue weighted by Gasteiger charge is -2.22. The van der Waals surface area contributed by atoms with E-state index in [9.17, 15) is 9.59 Å². The first-order valence-corrected chi connectivity index (χ1v) is 8.27. The Balaban J connectivity index is 2.30. The van der Waals surface area contributed by atoms with Gasteiger partial charge in [0.2, 0.25) is 0 Å². The van der Waals surface area contributed by atoms with Gasteiger partial charge in [-0.25, -0.2) is 4.79 Å². The lowest BCUT2D eigenvalue weighted by atomic mass is 9.81. The quantitative estimate of drug-likeness (QED) is 0.687. The number of aryl methyl sites for hydroxylation is 1. The summed E-state index contributed by atoms with van der Waals surface area (Å²) >= 11 is 0. The van der Waals surface area contributed by atoms with E-state index in [-0.39, 0.29) is 5.78 Å². The third kappa shape index (κ3) is 2.39. The molecule has 0 aromatic heterocycles. The Morgan fingerprint density at radius 1 is 1.00 bits per heavy atom. The highest BCUT2D eigenvalue weighted by Crippen LogP contribution is 2.31. The van der Waals surface area contributed by atoms with Crippen LogP contribution in [0.25, 0.3) is 0 Å². The number of fused-ring (bicyclic) bond motifs is 2. The summed E-state index contributed by atoms with van der Waals surface area (Å²) in [5.74, 6) is 0.0625. The normalized spacial score (nSPS) is 12.4. The van der Waals surface area contributed by atoms with Crippen LogP contribution in [0.2, 0.25) is 0 Å². The number of rotatable bonds is 3. The second-order valence-corrected chi connectivity index (χ2v) is 6.11. The predicted molar refractivity (Wildman–Crippen MR) is 91.4 cm³/mol. The molecule has 0 spiro atoms. The fourth-order valence-electron chi connectivity index (χ4n) is 2.94. The first-order chi connectivity index (χ1) is 10.8. The Morgan fingerprint density at radius 2 is 1.73 bits per heavy atom. The van der Waals surface area contributed by atoms with Gasteiger partial charge in [-0.1, -0.05) is 55.8 Å². The number of benzene rings is 2. The summed E-state index contributed by atoms with van der Waals surface area (Å²) < 4.78 is 0. The number of hydrogen-bond acceptors (Lipinski definition) is 2. The van der Waals surface area contributed by atoms with Gasteiger partial charge < -0.3 is 0 Å². The highest BCUT2D eigenvalue weighted by molar-refractivity contribution is 7.97. The number of unbranched alkanes of at least 4 members (excludes halogenated alkanes) is 1. The molecule has 22 heavy (non-hydrogen) atoms. The van der Waals surface area contributed by atoms with E-state index in [2.05, 4.69) is 6.92 Å². The van der Waals surface area contributed by atoms with Crippen LogP contribution < -0.4 is 0 Å². The molecule has 3 rings (SSSR count). The molecular formula is C19H16O2S. The van der Waals surface area contributed by atoms with Crippen LogP contribution in [-0.2, 0) is 11.2 Å². The van der Waals surface area contributed by atoms with Gasteiger partial charge in [-0.15, -0.1) is 0 Å². The van der Waals surface area contributed by atoms with E-state index in [1.54, 1.807) is 0 Å². The van der Waals surface area contributed by atoms with Crippen molar-refractivity contribution in [3.05, 3.63) is 70.3 Å². The molecule has 0 aliphatic heterocycles. The van der Waals surface area contributed by atoms with Crippen molar-refractivity contribution in [3.8, 4) is 0 Å². The van der Waals surface area contributed by atoms with Gasteiger partial charge in [0.05, 0.1) is 4.86 Å². The van der Waals surface area contributed by atoms with Crippen LogP contribution in [0.3, 0.4) is 0 Å². The van der Waals surface area contributed by atoms with E-state index < -0.39 is 0 Å². The molecule has 1 aliphatic carbocycles. The maximum absolute atomic E-state index is 12.9. The van der Waals surface area contributed by atoms with Gasteiger partial charge in [-0.3, -0.25) is 4.79 Å². The monoisotopic (exact) mass is 308 g/mol. The summed E-state index contributed by atoms with van der Waals surface area (Å²) in [5, 5.41) is 1.92. The van der Waals surface area contributed by atoms with Gasteiger partial charge in [-0.2, -0.15) is 0 Å². The summed E-state index contributed by atoms with van der Waals surface area (Å²) in [5.41, 5.74) is 4.21. The zero-order valence-electron chi connectivity index (χ0n) is 12.4. The standard InChI is InChI=1S/C19H16O2S/c1-2-3-7-13-8-6-11-16-17(13)18(21)14-9-4-5-10-15(14)19(16)22-12-20/h4-6,8-11H,2-3,7H2,1H3. The van der Waals surface area contributed by atoms with Crippen molar-refractivity contribution in [3.63, 3.8) is 0 Å². The summed E-state index contributed by atoms with van der Waals surface area (Å²) in [6.45, 7) is 2.14. The van der Waals surface area contributed by atoms with E-state index in [1.165, 1.54) is 0 Å². The van der Waals surface area contributed by atoms with Crippen LogP contribution in [0, 0.1) is 0 Å². The summed E-state index contributed by atoms with van der Waals surface area (Å²) in [6, 6.07) is 13.4. The molecule has 0 radical (unpaired) electrons. The SMILES string of the molecule is CCCCc1cccc2c1C(=O)c1ccccc1C2=S=C=O. The molecule has 0 saturated heterocycles. The molecule has 2 nitrogen and oxygen atoms in total. The minimum atomic E-state index is 0.0625. The third-order valence-corrected chi connectivity index (χ3v) is 4.71. The van der Waals surface area contributed by atoms with Crippen LogP contribution in [0.4, 0.5) is 0 Å². The summed E-state index contributed by atoms with van der Waals surface area (Å²) in [6.07, 6.45) is 3.02. The summed E-state index contributed by atoms with van der Waals surface area (Å²) in [4.78, 5) is 24.7. The molecule has 1 aliphatic rings. The second kappa shape index (κ2) is 6.27. The lowest BCUT2D eigenvalue weighted by molar-refractivity contribution is 0.103. The highest BCUT2D eigenvalue weighted by Gasteiger charge is 2.28. The van der Waals surface area contributed by atoms with Crippen LogP contribution >= 0.6 is 10.9 Å². The summed E-state index contributed by atoms with van der Waals surface area (Å²) in [7, 11) is 1.03. The largest absolute Gasteiger partial charge is 0.289 e. The number of carbonyl (C=O) groups excluding carboxylic acids is 2. The number of carbonyl (C=O) groups is 1. The Kier molecular flexibility index (Phi) is 4.19. The van der Waals surface area contributed by atoms with Crippen LogP contribution in [0.15, 0.2) is 42.5 Å². The first-order valence-electron chi connectivity index (χ1n) is 7.45. The van der Waals surface area contributed by atoms with Crippen molar-refractivity contribution in [1.29, 1.82) is 0 Å². The van der Waals surface area contributed by atoms with Crippen molar-refractivity contribution < 1.29 is 9.59 Å². The molecular weight excluding hydrogens is 292 g/mol. The van der Waals surface area contributed by atoms with E-state index in [1.807, 2.05) is 47.7 Å². The molecule has 2 aromatic carbocycles. The molecule has 0 fully saturated rings. The fourth-order valence-corrected chi connectivity index (χ4v) is 3.59. The average Bonchev–Trinajstić information content (AvgIpc) is 2.56. The Hall–Kier alpha value is -2.22. The van der Waals surface area contributed by atoms with Crippen molar-refractivity contribution in [2.75, 3.05) is 0 Å². The lowest BCUT2D eigenvalue weighted by Crippen LogP contribution is -2.22. The molecule has 0 heterocycles. The van der Waals surface area contributed by atoms with Crippen LogP contribution in [0.1, 0.15) is 52.4 Å². The molecule has 3 heteroatoms. The van der Waals surface area contributed by atoms with Crippen molar-refractivity contribution >= 4 is 26.8 Å². The molecule has 0 saturated carbocycles. The van der Waals surface area contributed by atoms with Gasteiger partial charge in [0.15, 0.2) is 11.0 Å². The van der Waals surface area contributed by atoms with Crippen LogP contribution in [0.5, 0.6) is 0 Å². The van der Waals surface area contributed by atoms with E-state index in [0.717, 1.165) is 57.3 Å². The molecule has 2 aromatic rings. The van der Waals surface area contributed by atoms with Crippen molar-refractivity contribution in [2.24, 2.45) is 0 Å². The fraction of sp³-hybridized carbons (Fsp3) is 0.211. The third-order valence-electron chi connectivity index (χ3n) is 3.98. The topological polar surface area (TPSA) is 34.1 Å². The zero-order chi connectivity index (χ0) is 15.5. The van der Waals surface area contributed by atoms with E-state index >= 15 is 0 Å². The average molecular weight is 308 g/mol. The Bertz CT molecular complexity index is 838. The maximum atomic E-state index is 12.9. The number of hydrogen-bond donors (Lipinski definition) is 0. The van der Waals surface area contributed by atoms with Gasteiger partial charge in [-0.05, 0) is 29.3 Å². The highest BCUT2D eigenvalue weighted by atomic mass is 32.1. The minimum Gasteiger partial charge on any atom is -0.289 e. The minimum absolute atomic E-state index is 0.0625. The predicted octanol–water partition coefficient (Wildman–Crippen LogP) is 3.94. The zero-order valence-corrected chi connectivity index (χ0v) is 13.2. The molecule has 0 N–H and O–H groups in total. The van der Waals surface area contributed by atoms with Crippen LogP contribution in [-0.4, -0.2) is 15.9 Å². The van der Waals surface area contributed by atoms with Gasteiger partial charge >= 0.3 is 0 Å². The smallest absolute Gasteiger partial charge is 0.194 e. The molecule has 0 amide bonds. The van der Waals surface area contributed by atoms with E-state index in [4.69, 9.17) is 0 Å². The molecule has 0 atom stereocenters. The maximum Gasteiger partial charge on any atom is 0.194 e. The van der Waals surface area contributed by atoms with Gasteiger partial charge in [0, 0.05) is 22.3 Å². The van der Waals surface area contributed by atoms with Gasteiger partial charge in [0.1, 0.15) is 0 Å².